The summed E-state index contributed by atoms with van der Waals surface area (Å²) < 4.78 is 51.6. The normalized spacial score (nSPS) is 12.1. The van der Waals surface area contributed by atoms with Gasteiger partial charge in [0, 0.05) is 19.8 Å². The van der Waals surface area contributed by atoms with Gasteiger partial charge in [0.15, 0.2) is 0 Å². The third kappa shape index (κ3) is 5.36. The standard InChI is InChI=1S/C17H21N3O5S2/c1-13-4-8-15(9-5-13)26(22,23)18-12-17(21)19-14-6-10-16(11-7-14)27(24,25)20(2)3/h4-11,18H,12H2,1-3H3,(H,19,21). The zero-order valence-corrected chi connectivity index (χ0v) is 16.8. The number of anilines is 1. The molecule has 27 heavy (non-hydrogen) atoms. The van der Waals surface area contributed by atoms with Crippen molar-refractivity contribution in [3.05, 3.63) is 54.1 Å². The summed E-state index contributed by atoms with van der Waals surface area (Å²) in [5, 5.41) is 2.51. The summed E-state index contributed by atoms with van der Waals surface area (Å²) >= 11 is 0. The van der Waals surface area contributed by atoms with Gasteiger partial charge in [0.25, 0.3) is 0 Å². The predicted octanol–water partition coefficient (Wildman–Crippen LogP) is 1.16. The molecule has 0 aliphatic rings. The summed E-state index contributed by atoms with van der Waals surface area (Å²) in [5.41, 5.74) is 1.28. The lowest BCUT2D eigenvalue weighted by atomic mass is 10.2. The quantitative estimate of drug-likeness (QED) is 0.710. The molecule has 8 nitrogen and oxygen atoms in total. The van der Waals surface area contributed by atoms with Crippen LogP contribution in [0.4, 0.5) is 5.69 Å². The molecular formula is C17H21N3O5S2. The lowest BCUT2D eigenvalue weighted by Crippen LogP contribution is -2.32. The van der Waals surface area contributed by atoms with Crippen LogP contribution in [-0.2, 0) is 24.8 Å². The molecular weight excluding hydrogens is 390 g/mol. The maximum Gasteiger partial charge on any atom is 0.242 e. The Labute approximate surface area is 159 Å². The van der Waals surface area contributed by atoms with Crippen molar-refractivity contribution in [2.75, 3.05) is 26.0 Å². The molecule has 0 aromatic heterocycles. The monoisotopic (exact) mass is 411 g/mol. The Morgan fingerprint density at radius 3 is 1.93 bits per heavy atom. The molecule has 0 heterocycles. The number of amides is 1. The topological polar surface area (TPSA) is 113 Å². The van der Waals surface area contributed by atoms with Crippen molar-refractivity contribution in [2.24, 2.45) is 0 Å². The second-order valence-corrected chi connectivity index (χ2v) is 9.92. The average molecular weight is 412 g/mol. The van der Waals surface area contributed by atoms with E-state index < -0.39 is 32.5 Å². The molecule has 0 spiro atoms. The first kappa shape index (κ1) is 21.0. The van der Waals surface area contributed by atoms with Crippen LogP contribution in [-0.4, -0.2) is 47.7 Å². The van der Waals surface area contributed by atoms with E-state index in [1.54, 1.807) is 12.1 Å². The summed E-state index contributed by atoms with van der Waals surface area (Å²) in [5.74, 6) is -0.575. The Morgan fingerprint density at radius 2 is 1.41 bits per heavy atom. The number of rotatable bonds is 7. The highest BCUT2D eigenvalue weighted by Gasteiger charge is 2.18. The van der Waals surface area contributed by atoms with Gasteiger partial charge in [0.05, 0.1) is 16.3 Å². The van der Waals surface area contributed by atoms with Crippen molar-refractivity contribution < 1.29 is 21.6 Å². The molecule has 2 aromatic rings. The lowest BCUT2D eigenvalue weighted by molar-refractivity contribution is -0.115. The molecule has 2 aromatic carbocycles. The number of sulfonamides is 2. The van der Waals surface area contributed by atoms with Gasteiger partial charge in [-0.05, 0) is 43.3 Å². The van der Waals surface area contributed by atoms with Gasteiger partial charge < -0.3 is 5.32 Å². The van der Waals surface area contributed by atoms with E-state index in [4.69, 9.17) is 0 Å². The summed E-state index contributed by atoms with van der Waals surface area (Å²) in [6.07, 6.45) is 0. The number of carbonyl (C=O) groups is 1. The van der Waals surface area contributed by atoms with Crippen molar-refractivity contribution in [3.8, 4) is 0 Å². The van der Waals surface area contributed by atoms with Gasteiger partial charge in [-0.3, -0.25) is 4.79 Å². The summed E-state index contributed by atoms with van der Waals surface area (Å²) in [6.45, 7) is 1.39. The van der Waals surface area contributed by atoms with Crippen molar-refractivity contribution in [2.45, 2.75) is 16.7 Å². The molecule has 0 saturated heterocycles. The summed E-state index contributed by atoms with van der Waals surface area (Å²) in [4.78, 5) is 12.1. The highest BCUT2D eigenvalue weighted by molar-refractivity contribution is 7.89. The SMILES string of the molecule is Cc1ccc(S(=O)(=O)NCC(=O)Nc2ccc(S(=O)(=O)N(C)C)cc2)cc1. The van der Waals surface area contributed by atoms with Crippen molar-refractivity contribution in [1.29, 1.82) is 0 Å². The molecule has 0 fully saturated rings. The van der Waals surface area contributed by atoms with Crippen LogP contribution in [0.15, 0.2) is 58.3 Å². The van der Waals surface area contributed by atoms with Gasteiger partial charge in [-0.1, -0.05) is 17.7 Å². The molecule has 0 bridgehead atoms. The molecule has 0 radical (unpaired) electrons. The average Bonchev–Trinajstić information content (AvgIpc) is 2.61. The molecule has 2 rings (SSSR count). The van der Waals surface area contributed by atoms with Crippen LogP contribution in [0.3, 0.4) is 0 Å². The Hall–Kier alpha value is -2.27. The third-order valence-corrected chi connectivity index (χ3v) is 6.92. The number of hydrogen-bond donors (Lipinski definition) is 2. The van der Waals surface area contributed by atoms with E-state index in [-0.39, 0.29) is 9.79 Å². The van der Waals surface area contributed by atoms with Crippen LogP contribution in [0, 0.1) is 6.92 Å². The molecule has 0 atom stereocenters. The van der Waals surface area contributed by atoms with Crippen LogP contribution in [0.2, 0.25) is 0 Å². The number of nitrogens with one attached hydrogen (secondary N) is 2. The van der Waals surface area contributed by atoms with Crippen LogP contribution < -0.4 is 10.0 Å². The lowest BCUT2D eigenvalue weighted by Gasteiger charge is -2.12. The summed E-state index contributed by atoms with van der Waals surface area (Å²) in [7, 11) is -4.51. The Kier molecular flexibility index (Phi) is 6.37. The van der Waals surface area contributed by atoms with E-state index in [0.717, 1.165) is 9.87 Å². The van der Waals surface area contributed by atoms with Gasteiger partial charge in [0.1, 0.15) is 0 Å². The van der Waals surface area contributed by atoms with E-state index in [1.807, 2.05) is 6.92 Å². The van der Waals surface area contributed by atoms with E-state index in [2.05, 4.69) is 10.0 Å². The van der Waals surface area contributed by atoms with Gasteiger partial charge in [-0.2, -0.15) is 0 Å². The van der Waals surface area contributed by atoms with Crippen LogP contribution in [0.25, 0.3) is 0 Å². The molecule has 10 heteroatoms. The number of aryl methyl sites for hydroxylation is 1. The second-order valence-electron chi connectivity index (χ2n) is 6.00. The van der Waals surface area contributed by atoms with Crippen LogP contribution >= 0.6 is 0 Å². The molecule has 0 aliphatic carbocycles. The Bertz CT molecular complexity index is 1010. The predicted molar refractivity (Wildman–Crippen MR) is 102 cm³/mol. The highest BCUT2D eigenvalue weighted by Crippen LogP contribution is 2.16. The van der Waals surface area contributed by atoms with Gasteiger partial charge in [-0.15, -0.1) is 0 Å². The molecule has 2 N–H and O–H groups in total. The fraction of sp³-hybridized carbons (Fsp3) is 0.235. The minimum Gasteiger partial charge on any atom is -0.325 e. The van der Waals surface area contributed by atoms with Crippen molar-refractivity contribution in [1.82, 2.24) is 9.03 Å². The van der Waals surface area contributed by atoms with Gasteiger partial charge in [-0.25, -0.2) is 25.9 Å². The number of nitrogens with zero attached hydrogens (tertiary/aromatic N) is 1. The largest absolute Gasteiger partial charge is 0.325 e. The molecule has 0 unspecified atom stereocenters. The Balaban J connectivity index is 1.99. The van der Waals surface area contributed by atoms with E-state index in [9.17, 15) is 21.6 Å². The Morgan fingerprint density at radius 1 is 0.889 bits per heavy atom. The van der Waals surface area contributed by atoms with E-state index >= 15 is 0 Å². The highest BCUT2D eigenvalue weighted by atomic mass is 32.2. The van der Waals surface area contributed by atoms with Gasteiger partial charge >= 0.3 is 0 Å². The number of hydrogen-bond acceptors (Lipinski definition) is 5. The first-order valence-electron chi connectivity index (χ1n) is 7.91. The number of benzene rings is 2. The zero-order valence-electron chi connectivity index (χ0n) is 15.1. The fourth-order valence-electron chi connectivity index (χ4n) is 2.09. The van der Waals surface area contributed by atoms with Gasteiger partial charge in [0.2, 0.25) is 26.0 Å². The molecule has 0 aliphatic heterocycles. The maximum absolute atomic E-state index is 12.2. The van der Waals surface area contributed by atoms with E-state index in [0.29, 0.717) is 5.69 Å². The summed E-state index contributed by atoms with van der Waals surface area (Å²) in [6, 6.07) is 11.8. The third-order valence-electron chi connectivity index (χ3n) is 3.67. The zero-order chi connectivity index (χ0) is 20.2. The first-order chi connectivity index (χ1) is 12.5. The van der Waals surface area contributed by atoms with Crippen molar-refractivity contribution in [3.63, 3.8) is 0 Å². The molecule has 146 valence electrons. The molecule has 0 saturated carbocycles. The maximum atomic E-state index is 12.2. The molecule has 1 amide bonds. The second kappa shape index (κ2) is 8.17. The van der Waals surface area contributed by atoms with Crippen molar-refractivity contribution >= 4 is 31.6 Å². The minimum atomic E-state index is -3.80. The first-order valence-corrected chi connectivity index (χ1v) is 10.8. The minimum absolute atomic E-state index is 0.0687. The van der Waals surface area contributed by atoms with Crippen LogP contribution in [0.5, 0.6) is 0 Å². The fourth-order valence-corrected chi connectivity index (χ4v) is 3.97. The van der Waals surface area contributed by atoms with E-state index in [1.165, 1.54) is 50.5 Å². The van der Waals surface area contributed by atoms with Crippen LogP contribution in [0.1, 0.15) is 5.56 Å². The number of carbonyl (C=O) groups excluding carboxylic acids is 1. The smallest absolute Gasteiger partial charge is 0.242 e.